The molecule has 172 valence electrons. The van der Waals surface area contributed by atoms with Crippen molar-refractivity contribution in [3.8, 4) is 17.2 Å². The molecule has 0 radical (unpaired) electrons. The van der Waals surface area contributed by atoms with Crippen LogP contribution in [0, 0.1) is 6.92 Å². The van der Waals surface area contributed by atoms with Crippen LogP contribution in [0.5, 0.6) is 5.75 Å². The highest BCUT2D eigenvalue weighted by Gasteiger charge is 2.24. The van der Waals surface area contributed by atoms with Crippen LogP contribution in [0.25, 0.3) is 11.5 Å². The van der Waals surface area contributed by atoms with Crippen LogP contribution >= 0.6 is 0 Å². The maximum Gasteiger partial charge on any atom is 0.226 e. The second kappa shape index (κ2) is 11.3. The van der Waals surface area contributed by atoms with Gasteiger partial charge in [-0.25, -0.2) is 13.4 Å². The molecule has 0 spiro atoms. The molecule has 3 aromatic rings. The van der Waals surface area contributed by atoms with Crippen LogP contribution in [0.1, 0.15) is 30.9 Å². The van der Waals surface area contributed by atoms with E-state index < -0.39 is 15.1 Å². The molecule has 1 heterocycles. The van der Waals surface area contributed by atoms with Crippen LogP contribution in [0.2, 0.25) is 0 Å². The molecule has 0 amide bonds. The molecular formula is C25H31NO5S. The highest BCUT2D eigenvalue weighted by atomic mass is 32.2. The van der Waals surface area contributed by atoms with Crippen molar-refractivity contribution >= 4 is 9.84 Å². The Morgan fingerprint density at radius 1 is 1.03 bits per heavy atom. The SMILES string of the molecule is CCOC[C@H](Cc1ccc(OCCc2nc(-c3ccccc3)oc2C)cc1)S(=O)(=O)CC. The zero-order valence-corrected chi connectivity index (χ0v) is 19.7. The molecule has 0 fully saturated rings. The molecule has 1 atom stereocenters. The number of aryl methyl sites for hydroxylation is 1. The lowest BCUT2D eigenvalue weighted by Gasteiger charge is -2.17. The fourth-order valence-electron chi connectivity index (χ4n) is 3.39. The molecule has 0 aliphatic rings. The van der Waals surface area contributed by atoms with Crippen molar-refractivity contribution < 1.29 is 22.3 Å². The van der Waals surface area contributed by atoms with Gasteiger partial charge < -0.3 is 13.9 Å². The van der Waals surface area contributed by atoms with Gasteiger partial charge in [0.25, 0.3) is 0 Å². The van der Waals surface area contributed by atoms with Gasteiger partial charge in [0.2, 0.25) is 5.89 Å². The summed E-state index contributed by atoms with van der Waals surface area (Å²) in [5.74, 6) is 2.25. The van der Waals surface area contributed by atoms with Crippen molar-refractivity contribution in [3.63, 3.8) is 0 Å². The van der Waals surface area contributed by atoms with Gasteiger partial charge in [-0.2, -0.15) is 0 Å². The summed E-state index contributed by atoms with van der Waals surface area (Å²) in [5, 5.41) is -0.534. The van der Waals surface area contributed by atoms with Crippen molar-refractivity contribution in [2.45, 2.75) is 38.9 Å². The Morgan fingerprint density at radius 3 is 2.41 bits per heavy atom. The number of sulfone groups is 1. The summed E-state index contributed by atoms with van der Waals surface area (Å²) in [6, 6.07) is 17.4. The number of oxazole rings is 1. The van der Waals surface area contributed by atoms with Gasteiger partial charge in [0.05, 0.1) is 24.2 Å². The van der Waals surface area contributed by atoms with E-state index in [-0.39, 0.29) is 12.4 Å². The minimum Gasteiger partial charge on any atom is -0.493 e. The number of aromatic nitrogens is 1. The second-order valence-corrected chi connectivity index (χ2v) is 10.1. The molecule has 3 rings (SSSR count). The van der Waals surface area contributed by atoms with Crippen LogP contribution in [0.3, 0.4) is 0 Å². The van der Waals surface area contributed by atoms with Crippen molar-refractivity contribution in [1.82, 2.24) is 4.98 Å². The molecular weight excluding hydrogens is 426 g/mol. The predicted octanol–water partition coefficient (Wildman–Crippen LogP) is 4.65. The average Bonchev–Trinajstić information content (AvgIpc) is 3.18. The van der Waals surface area contributed by atoms with Crippen molar-refractivity contribution in [2.75, 3.05) is 25.6 Å². The van der Waals surface area contributed by atoms with Crippen molar-refractivity contribution in [3.05, 3.63) is 71.6 Å². The van der Waals surface area contributed by atoms with E-state index in [1.807, 2.05) is 68.4 Å². The van der Waals surface area contributed by atoms with Crippen molar-refractivity contribution in [2.24, 2.45) is 0 Å². The Bertz CT molecular complexity index is 1080. The van der Waals surface area contributed by atoms with E-state index in [9.17, 15) is 8.42 Å². The van der Waals surface area contributed by atoms with Crippen LogP contribution in [-0.4, -0.2) is 44.2 Å². The Balaban J connectivity index is 1.55. The fraction of sp³-hybridized carbons (Fsp3) is 0.400. The van der Waals surface area contributed by atoms with E-state index in [1.54, 1.807) is 6.92 Å². The molecule has 6 nitrogen and oxygen atoms in total. The summed E-state index contributed by atoms with van der Waals surface area (Å²) < 4.78 is 41.8. The smallest absolute Gasteiger partial charge is 0.226 e. The van der Waals surface area contributed by atoms with Crippen molar-refractivity contribution in [1.29, 1.82) is 0 Å². The number of rotatable bonds is 12. The van der Waals surface area contributed by atoms with E-state index in [0.717, 1.165) is 28.3 Å². The molecule has 1 aromatic heterocycles. The second-order valence-electron chi connectivity index (χ2n) is 7.57. The topological polar surface area (TPSA) is 78.6 Å². The Labute approximate surface area is 190 Å². The summed E-state index contributed by atoms with van der Waals surface area (Å²) in [5.41, 5.74) is 2.77. The predicted molar refractivity (Wildman–Crippen MR) is 126 cm³/mol. The summed E-state index contributed by atoms with van der Waals surface area (Å²) >= 11 is 0. The van der Waals surface area contributed by atoms with Crippen LogP contribution in [0.4, 0.5) is 0 Å². The van der Waals surface area contributed by atoms with Gasteiger partial charge in [0, 0.05) is 24.3 Å². The van der Waals surface area contributed by atoms with Crippen LogP contribution in [0.15, 0.2) is 59.0 Å². The first-order valence-electron chi connectivity index (χ1n) is 11.0. The first-order valence-corrected chi connectivity index (χ1v) is 12.7. The lowest BCUT2D eigenvalue weighted by Crippen LogP contribution is -2.30. The Hall–Kier alpha value is -2.64. The fourth-order valence-corrected chi connectivity index (χ4v) is 4.61. The lowest BCUT2D eigenvalue weighted by molar-refractivity contribution is 0.146. The molecule has 0 bridgehead atoms. The van der Waals surface area contributed by atoms with E-state index in [4.69, 9.17) is 13.9 Å². The zero-order chi connectivity index (χ0) is 23.0. The number of hydrogen-bond donors (Lipinski definition) is 0. The van der Waals surface area contributed by atoms with Gasteiger partial charge in [-0.05, 0) is 50.1 Å². The Morgan fingerprint density at radius 2 is 1.75 bits per heavy atom. The van der Waals surface area contributed by atoms with Gasteiger partial charge in [-0.3, -0.25) is 0 Å². The molecule has 2 aromatic carbocycles. The van der Waals surface area contributed by atoms with E-state index >= 15 is 0 Å². The average molecular weight is 458 g/mol. The molecule has 0 N–H and O–H groups in total. The van der Waals surface area contributed by atoms with Gasteiger partial charge in [0.15, 0.2) is 9.84 Å². The summed E-state index contributed by atoms with van der Waals surface area (Å²) in [7, 11) is -3.18. The molecule has 32 heavy (non-hydrogen) atoms. The van der Waals surface area contributed by atoms with E-state index in [1.165, 1.54) is 0 Å². The van der Waals surface area contributed by atoms with Gasteiger partial charge in [-0.1, -0.05) is 37.3 Å². The largest absolute Gasteiger partial charge is 0.493 e. The minimum absolute atomic E-state index is 0.111. The lowest BCUT2D eigenvalue weighted by atomic mass is 10.1. The third-order valence-electron chi connectivity index (χ3n) is 5.33. The molecule has 0 saturated heterocycles. The third kappa shape index (κ3) is 6.43. The quantitative estimate of drug-likeness (QED) is 0.394. The number of hydrogen-bond acceptors (Lipinski definition) is 6. The maximum atomic E-state index is 12.4. The van der Waals surface area contributed by atoms with E-state index in [2.05, 4.69) is 4.98 Å². The maximum absolute atomic E-state index is 12.4. The van der Waals surface area contributed by atoms with Gasteiger partial charge in [0.1, 0.15) is 11.5 Å². The summed E-state index contributed by atoms with van der Waals surface area (Å²) in [4.78, 5) is 4.60. The molecule has 0 aliphatic heterocycles. The zero-order valence-electron chi connectivity index (χ0n) is 18.9. The normalized spacial score (nSPS) is 12.6. The molecule has 7 heteroatoms. The molecule has 0 aliphatic carbocycles. The highest BCUT2D eigenvalue weighted by molar-refractivity contribution is 7.92. The third-order valence-corrected chi connectivity index (χ3v) is 7.45. The summed E-state index contributed by atoms with van der Waals surface area (Å²) in [6.07, 6.45) is 1.06. The van der Waals surface area contributed by atoms with Crippen LogP contribution < -0.4 is 4.74 Å². The van der Waals surface area contributed by atoms with E-state index in [0.29, 0.717) is 31.9 Å². The molecule has 0 unspecified atom stereocenters. The standard InChI is InChI=1S/C25H31NO5S/c1-4-29-18-23(32(27,28)5-2)17-20-11-13-22(14-12-20)30-16-15-24-19(3)31-25(26-24)21-9-7-6-8-10-21/h6-14,23H,4-5,15-18H2,1-3H3/t23-/m0/s1. The minimum atomic E-state index is -3.18. The molecule has 0 saturated carbocycles. The first-order chi connectivity index (χ1) is 15.4. The first kappa shape index (κ1) is 24.0. The van der Waals surface area contributed by atoms with Gasteiger partial charge >= 0.3 is 0 Å². The number of nitrogens with zero attached hydrogens (tertiary/aromatic N) is 1. The highest BCUT2D eigenvalue weighted by Crippen LogP contribution is 2.22. The number of ether oxygens (including phenoxy) is 2. The number of benzene rings is 2. The summed E-state index contributed by atoms with van der Waals surface area (Å²) in [6.45, 7) is 6.63. The Kier molecular flexibility index (Phi) is 8.47. The van der Waals surface area contributed by atoms with Crippen LogP contribution in [-0.2, 0) is 27.4 Å². The monoisotopic (exact) mass is 457 g/mol. The van der Waals surface area contributed by atoms with Gasteiger partial charge in [-0.15, -0.1) is 0 Å².